The molecule has 0 atom stereocenters. The maximum absolute atomic E-state index is 13.6. The van der Waals surface area contributed by atoms with Crippen molar-refractivity contribution in [3.05, 3.63) is 64.7 Å². The lowest BCUT2D eigenvalue weighted by Gasteiger charge is -2.05. The van der Waals surface area contributed by atoms with Crippen LogP contribution in [0.5, 0.6) is 0 Å². The minimum absolute atomic E-state index is 0.231. The summed E-state index contributed by atoms with van der Waals surface area (Å²) in [7, 11) is 0. The third kappa shape index (κ3) is 2.10. The van der Waals surface area contributed by atoms with E-state index >= 15 is 0 Å². The van der Waals surface area contributed by atoms with E-state index in [1.807, 2.05) is 0 Å². The monoisotopic (exact) mass is 259 g/mol. The molecule has 1 heterocycles. The molecule has 3 rings (SSSR count). The van der Waals surface area contributed by atoms with Gasteiger partial charge in [-0.15, -0.1) is 0 Å². The second-order valence-electron chi connectivity index (χ2n) is 4.50. The molecule has 2 nitrogen and oxygen atoms in total. The van der Waals surface area contributed by atoms with E-state index in [1.54, 1.807) is 18.2 Å². The lowest BCUT2D eigenvalue weighted by Crippen LogP contribution is -2.05. The first-order valence-corrected chi connectivity index (χ1v) is 6.02. The molecule has 1 aliphatic heterocycles. The van der Waals surface area contributed by atoms with Crippen LogP contribution in [-0.4, -0.2) is 12.3 Å². The summed E-state index contributed by atoms with van der Waals surface area (Å²) in [6.45, 7) is 0.835. The Kier molecular flexibility index (Phi) is 2.78. The second kappa shape index (κ2) is 4.46. The molecule has 0 spiro atoms. The van der Waals surface area contributed by atoms with Crippen molar-refractivity contribution in [2.45, 2.75) is 6.42 Å². The van der Waals surface area contributed by atoms with Crippen LogP contribution in [-0.2, 0) is 6.42 Å². The van der Waals surface area contributed by atoms with Gasteiger partial charge in [0.2, 0.25) is 0 Å². The Labute approximate surface area is 109 Å². The first-order chi connectivity index (χ1) is 9.15. The maximum atomic E-state index is 13.6. The van der Waals surface area contributed by atoms with Gasteiger partial charge in [-0.25, -0.2) is 8.78 Å². The molecular weight excluding hydrogens is 248 g/mol. The number of rotatable bonds is 2. The zero-order valence-electron chi connectivity index (χ0n) is 10.0. The Hall–Kier alpha value is -2.23. The number of nitrogens with one attached hydrogen (secondary N) is 1. The van der Waals surface area contributed by atoms with Gasteiger partial charge in [-0.2, -0.15) is 0 Å². The fourth-order valence-electron chi connectivity index (χ4n) is 2.27. The predicted octanol–water partition coefficient (Wildman–Crippen LogP) is 3.16. The van der Waals surface area contributed by atoms with Crippen LogP contribution in [0.3, 0.4) is 0 Å². The number of carbonyl (C=O) groups excluding carboxylic acids is 1. The molecule has 0 saturated carbocycles. The number of fused-ring (bicyclic) bond motifs is 1. The molecule has 1 N–H and O–H groups in total. The van der Waals surface area contributed by atoms with E-state index in [-0.39, 0.29) is 5.56 Å². The van der Waals surface area contributed by atoms with Gasteiger partial charge in [-0.1, -0.05) is 0 Å². The SMILES string of the molecule is O=C(c1ccc2c(c1)CCN2)c1cc(F)ccc1F. The van der Waals surface area contributed by atoms with Crippen molar-refractivity contribution >= 4 is 11.5 Å². The normalized spacial score (nSPS) is 12.9. The van der Waals surface area contributed by atoms with E-state index in [2.05, 4.69) is 5.32 Å². The highest BCUT2D eigenvalue weighted by Gasteiger charge is 2.17. The molecule has 1 aliphatic rings. The predicted molar refractivity (Wildman–Crippen MR) is 68.4 cm³/mol. The van der Waals surface area contributed by atoms with Crippen molar-refractivity contribution in [1.82, 2.24) is 0 Å². The maximum Gasteiger partial charge on any atom is 0.196 e. The summed E-state index contributed by atoms with van der Waals surface area (Å²) in [5, 5.41) is 3.18. The van der Waals surface area contributed by atoms with Gasteiger partial charge in [-0.3, -0.25) is 4.79 Å². The third-order valence-corrected chi connectivity index (χ3v) is 3.25. The van der Waals surface area contributed by atoms with Gasteiger partial charge >= 0.3 is 0 Å². The average Bonchev–Trinajstić information content (AvgIpc) is 2.88. The summed E-state index contributed by atoms with van der Waals surface area (Å²) in [6, 6.07) is 8.07. The molecule has 96 valence electrons. The first-order valence-electron chi connectivity index (χ1n) is 6.02. The number of hydrogen-bond donors (Lipinski definition) is 1. The van der Waals surface area contributed by atoms with Crippen LogP contribution in [0, 0.1) is 11.6 Å². The van der Waals surface area contributed by atoms with E-state index in [0.29, 0.717) is 5.56 Å². The highest BCUT2D eigenvalue weighted by Crippen LogP contribution is 2.24. The largest absolute Gasteiger partial charge is 0.384 e. The molecule has 0 aliphatic carbocycles. The molecule has 0 saturated heterocycles. The van der Waals surface area contributed by atoms with Gasteiger partial charge in [0.25, 0.3) is 0 Å². The number of halogens is 2. The van der Waals surface area contributed by atoms with Gasteiger partial charge in [0.1, 0.15) is 11.6 Å². The summed E-state index contributed by atoms with van der Waals surface area (Å²) in [4.78, 5) is 12.2. The minimum atomic E-state index is -0.704. The number of hydrogen-bond acceptors (Lipinski definition) is 2. The quantitative estimate of drug-likeness (QED) is 0.839. The summed E-state index contributed by atoms with van der Waals surface area (Å²) in [5.74, 6) is -1.82. The number of ketones is 1. The number of carbonyl (C=O) groups is 1. The highest BCUT2D eigenvalue weighted by molar-refractivity contribution is 6.09. The fourth-order valence-corrected chi connectivity index (χ4v) is 2.27. The molecular formula is C15H11F2NO. The van der Waals surface area contributed by atoms with E-state index in [0.717, 1.165) is 42.4 Å². The van der Waals surface area contributed by atoms with Crippen molar-refractivity contribution in [2.75, 3.05) is 11.9 Å². The lowest BCUT2D eigenvalue weighted by molar-refractivity contribution is 0.103. The molecule has 19 heavy (non-hydrogen) atoms. The van der Waals surface area contributed by atoms with Gasteiger partial charge in [0.05, 0.1) is 5.56 Å². The van der Waals surface area contributed by atoms with Crippen LogP contribution in [0.15, 0.2) is 36.4 Å². The minimum Gasteiger partial charge on any atom is -0.384 e. The van der Waals surface area contributed by atoms with Gasteiger partial charge in [0, 0.05) is 17.8 Å². The molecule has 0 bridgehead atoms. The smallest absolute Gasteiger partial charge is 0.196 e. The second-order valence-corrected chi connectivity index (χ2v) is 4.50. The Morgan fingerprint density at radius 1 is 1.11 bits per heavy atom. The van der Waals surface area contributed by atoms with Crippen LogP contribution in [0.1, 0.15) is 21.5 Å². The van der Waals surface area contributed by atoms with Crippen molar-refractivity contribution < 1.29 is 13.6 Å². The van der Waals surface area contributed by atoms with E-state index in [9.17, 15) is 13.6 Å². The molecule has 4 heteroatoms. The van der Waals surface area contributed by atoms with Crippen molar-refractivity contribution in [3.8, 4) is 0 Å². The molecule has 0 amide bonds. The first kappa shape index (κ1) is 11.8. The number of benzene rings is 2. The molecule has 0 fully saturated rings. The summed E-state index contributed by atoms with van der Waals surface area (Å²) in [6.07, 6.45) is 0.835. The van der Waals surface area contributed by atoms with Crippen LogP contribution in [0.4, 0.5) is 14.5 Å². The Morgan fingerprint density at radius 2 is 1.95 bits per heavy atom. The Bertz CT molecular complexity index is 667. The fraction of sp³-hybridized carbons (Fsp3) is 0.133. The van der Waals surface area contributed by atoms with Gasteiger partial charge in [-0.05, 0) is 48.4 Å². The number of anilines is 1. The Morgan fingerprint density at radius 3 is 2.79 bits per heavy atom. The van der Waals surface area contributed by atoms with Gasteiger partial charge in [0.15, 0.2) is 5.78 Å². The molecule has 2 aromatic rings. The zero-order chi connectivity index (χ0) is 13.4. The topological polar surface area (TPSA) is 29.1 Å². The van der Waals surface area contributed by atoms with Crippen LogP contribution in [0.2, 0.25) is 0 Å². The van der Waals surface area contributed by atoms with Crippen LogP contribution in [0.25, 0.3) is 0 Å². The third-order valence-electron chi connectivity index (χ3n) is 3.25. The van der Waals surface area contributed by atoms with Crippen LogP contribution < -0.4 is 5.32 Å². The van der Waals surface area contributed by atoms with E-state index in [4.69, 9.17) is 0 Å². The Balaban J connectivity index is 2.02. The average molecular weight is 259 g/mol. The van der Waals surface area contributed by atoms with Crippen LogP contribution >= 0.6 is 0 Å². The van der Waals surface area contributed by atoms with Gasteiger partial charge < -0.3 is 5.32 Å². The highest BCUT2D eigenvalue weighted by atomic mass is 19.1. The lowest BCUT2D eigenvalue weighted by atomic mass is 10.00. The molecule has 0 unspecified atom stereocenters. The van der Waals surface area contributed by atoms with E-state index in [1.165, 1.54) is 0 Å². The van der Waals surface area contributed by atoms with E-state index < -0.39 is 17.4 Å². The molecule has 2 aromatic carbocycles. The zero-order valence-corrected chi connectivity index (χ0v) is 10.0. The summed E-state index contributed by atoms with van der Waals surface area (Å²) >= 11 is 0. The summed E-state index contributed by atoms with van der Waals surface area (Å²) < 4.78 is 26.7. The van der Waals surface area contributed by atoms with Crippen molar-refractivity contribution in [3.63, 3.8) is 0 Å². The molecule has 0 aromatic heterocycles. The van der Waals surface area contributed by atoms with Crippen molar-refractivity contribution in [2.24, 2.45) is 0 Å². The van der Waals surface area contributed by atoms with Crippen molar-refractivity contribution in [1.29, 1.82) is 0 Å². The molecule has 0 radical (unpaired) electrons. The summed E-state index contributed by atoms with van der Waals surface area (Å²) in [5.41, 5.74) is 2.18. The standard InChI is InChI=1S/C15H11F2NO/c16-11-2-3-13(17)12(8-11)15(19)10-1-4-14-9(7-10)5-6-18-14/h1-4,7-8,18H,5-6H2.